The van der Waals surface area contributed by atoms with Gasteiger partial charge >= 0.3 is 0 Å². The van der Waals surface area contributed by atoms with Crippen molar-refractivity contribution in [2.24, 2.45) is 5.73 Å². The van der Waals surface area contributed by atoms with Crippen LogP contribution in [0.25, 0.3) is 11.4 Å². The average molecular weight is 261 g/mol. The highest BCUT2D eigenvalue weighted by molar-refractivity contribution is 5.63. The van der Waals surface area contributed by atoms with Crippen LogP contribution in [0.5, 0.6) is 5.75 Å². The summed E-state index contributed by atoms with van der Waals surface area (Å²) in [6.07, 6.45) is 1.46. The number of nitrogens with zero attached hydrogens (tertiary/aromatic N) is 2. The average Bonchev–Trinajstić information content (AvgIpc) is 2.84. The summed E-state index contributed by atoms with van der Waals surface area (Å²) in [4.78, 5) is 4.38. The molecule has 1 aromatic carbocycles. The summed E-state index contributed by atoms with van der Waals surface area (Å²) in [5, 5.41) is 3.99. The number of nitrogens with two attached hydrogens (primary N) is 1. The minimum Gasteiger partial charge on any atom is -0.496 e. The number of para-hydroxylation sites is 1. The minimum atomic E-state index is -0.237. The Bertz CT molecular complexity index is 544. The third kappa shape index (κ3) is 3.54. The molecule has 0 spiro atoms. The molecular formula is C14H19N3O2. The van der Waals surface area contributed by atoms with E-state index in [0.29, 0.717) is 18.1 Å². The lowest BCUT2D eigenvalue weighted by atomic mass is 10.0. The monoisotopic (exact) mass is 261 g/mol. The third-order valence-corrected chi connectivity index (χ3v) is 2.80. The molecule has 0 aliphatic carbocycles. The summed E-state index contributed by atoms with van der Waals surface area (Å²) in [7, 11) is 1.62. The third-order valence-electron chi connectivity index (χ3n) is 2.80. The molecule has 1 aromatic heterocycles. The van der Waals surface area contributed by atoms with E-state index in [1.807, 2.05) is 38.1 Å². The molecule has 0 bridgehead atoms. The maximum Gasteiger partial charge on any atom is 0.227 e. The van der Waals surface area contributed by atoms with Crippen molar-refractivity contribution in [1.82, 2.24) is 10.1 Å². The van der Waals surface area contributed by atoms with Crippen LogP contribution in [0.3, 0.4) is 0 Å². The second-order valence-electron chi connectivity index (χ2n) is 5.20. The van der Waals surface area contributed by atoms with E-state index in [1.165, 1.54) is 0 Å². The number of ether oxygens (including phenoxy) is 1. The van der Waals surface area contributed by atoms with E-state index in [1.54, 1.807) is 7.11 Å². The zero-order valence-electron chi connectivity index (χ0n) is 11.5. The Morgan fingerprint density at radius 1 is 1.32 bits per heavy atom. The highest BCUT2D eigenvalue weighted by atomic mass is 16.5. The van der Waals surface area contributed by atoms with Gasteiger partial charge in [0.2, 0.25) is 11.7 Å². The zero-order valence-corrected chi connectivity index (χ0v) is 11.5. The van der Waals surface area contributed by atoms with Gasteiger partial charge in [0.15, 0.2) is 0 Å². The summed E-state index contributed by atoms with van der Waals surface area (Å²) in [6.45, 7) is 3.95. The van der Waals surface area contributed by atoms with E-state index in [0.717, 1.165) is 17.7 Å². The largest absolute Gasteiger partial charge is 0.496 e. The van der Waals surface area contributed by atoms with Crippen molar-refractivity contribution in [3.63, 3.8) is 0 Å². The maximum absolute atomic E-state index is 5.94. The lowest BCUT2D eigenvalue weighted by Gasteiger charge is -2.16. The molecule has 0 unspecified atom stereocenters. The van der Waals surface area contributed by atoms with Gasteiger partial charge in [-0.3, -0.25) is 0 Å². The van der Waals surface area contributed by atoms with Crippen molar-refractivity contribution in [3.05, 3.63) is 30.2 Å². The smallest absolute Gasteiger partial charge is 0.227 e. The number of rotatable bonds is 5. The van der Waals surface area contributed by atoms with Crippen molar-refractivity contribution in [2.75, 3.05) is 7.11 Å². The molecule has 0 amide bonds. The first kappa shape index (κ1) is 13.5. The van der Waals surface area contributed by atoms with Crippen molar-refractivity contribution in [2.45, 2.75) is 32.2 Å². The van der Waals surface area contributed by atoms with Crippen LogP contribution in [0.4, 0.5) is 0 Å². The van der Waals surface area contributed by atoms with E-state index < -0.39 is 0 Å². The Balaban J connectivity index is 2.17. The van der Waals surface area contributed by atoms with Gasteiger partial charge in [-0.05, 0) is 32.4 Å². The van der Waals surface area contributed by atoms with Gasteiger partial charge in [-0.25, -0.2) is 0 Å². The maximum atomic E-state index is 5.94. The molecule has 0 saturated heterocycles. The predicted octanol–water partition coefficient (Wildman–Crippen LogP) is 2.42. The molecule has 2 N–H and O–H groups in total. The number of aromatic nitrogens is 2. The van der Waals surface area contributed by atoms with Crippen molar-refractivity contribution in [3.8, 4) is 17.1 Å². The van der Waals surface area contributed by atoms with E-state index in [2.05, 4.69) is 10.1 Å². The molecule has 2 aromatic rings. The van der Waals surface area contributed by atoms with E-state index in [-0.39, 0.29) is 5.54 Å². The fraction of sp³-hybridized carbons (Fsp3) is 0.429. The van der Waals surface area contributed by atoms with Crippen LogP contribution in [0, 0.1) is 0 Å². The van der Waals surface area contributed by atoms with Gasteiger partial charge in [-0.1, -0.05) is 17.3 Å². The fourth-order valence-electron chi connectivity index (χ4n) is 1.72. The van der Waals surface area contributed by atoms with Gasteiger partial charge in [-0.15, -0.1) is 0 Å². The fourth-order valence-corrected chi connectivity index (χ4v) is 1.72. The Morgan fingerprint density at radius 2 is 2.05 bits per heavy atom. The highest BCUT2D eigenvalue weighted by Crippen LogP contribution is 2.27. The second kappa shape index (κ2) is 5.40. The number of methoxy groups -OCH3 is 1. The highest BCUT2D eigenvalue weighted by Gasteiger charge is 2.16. The number of hydrogen-bond acceptors (Lipinski definition) is 5. The molecule has 102 valence electrons. The number of hydrogen-bond donors (Lipinski definition) is 1. The quantitative estimate of drug-likeness (QED) is 0.894. The Kier molecular flexibility index (Phi) is 3.85. The van der Waals surface area contributed by atoms with Crippen LogP contribution in [0.15, 0.2) is 28.8 Å². The lowest BCUT2D eigenvalue weighted by Crippen LogP contribution is -2.32. The molecule has 2 rings (SSSR count). The Labute approximate surface area is 112 Å². The molecule has 1 heterocycles. The molecule has 5 nitrogen and oxygen atoms in total. The Hall–Kier alpha value is -1.88. The second-order valence-corrected chi connectivity index (χ2v) is 5.20. The normalized spacial score (nSPS) is 11.6. The first-order valence-corrected chi connectivity index (χ1v) is 6.24. The Morgan fingerprint density at radius 3 is 2.74 bits per heavy atom. The van der Waals surface area contributed by atoms with E-state index in [9.17, 15) is 0 Å². The van der Waals surface area contributed by atoms with E-state index >= 15 is 0 Å². The van der Waals surface area contributed by atoms with Crippen molar-refractivity contribution in [1.29, 1.82) is 0 Å². The van der Waals surface area contributed by atoms with Gasteiger partial charge in [0.25, 0.3) is 0 Å². The number of aryl methyl sites for hydroxylation is 1. The molecule has 0 atom stereocenters. The van der Waals surface area contributed by atoms with Gasteiger partial charge in [-0.2, -0.15) is 4.98 Å². The lowest BCUT2D eigenvalue weighted by molar-refractivity contribution is 0.358. The predicted molar refractivity (Wildman–Crippen MR) is 72.9 cm³/mol. The van der Waals surface area contributed by atoms with Gasteiger partial charge in [0.05, 0.1) is 12.7 Å². The van der Waals surface area contributed by atoms with Crippen molar-refractivity contribution < 1.29 is 9.26 Å². The van der Waals surface area contributed by atoms with Crippen LogP contribution < -0.4 is 10.5 Å². The van der Waals surface area contributed by atoms with Gasteiger partial charge < -0.3 is 15.0 Å². The molecule has 19 heavy (non-hydrogen) atoms. The summed E-state index contributed by atoms with van der Waals surface area (Å²) < 4.78 is 10.5. The zero-order chi connectivity index (χ0) is 13.9. The molecule has 0 aliphatic rings. The summed E-state index contributed by atoms with van der Waals surface area (Å²) in [6, 6.07) is 7.59. The first-order chi connectivity index (χ1) is 8.99. The van der Waals surface area contributed by atoms with Crippen LogP contribution in [0.2, 0.25) is 0 Å². The van der Waals surface area contributed by atoms with Crippen LogP contribution in [0.1, 0.15) is 26.2 Å². The summed E-state index contributed by atoms with van der Waals surface area (Å²) >= 11 is 0. The van der Waals surface area contributed by atoms with Crippen molar-refractivity contribution >= 4 is 0 Å². The summed E-state index contributed by atoms with van der Waals surface area (Å²) in [5.74, 6) is 1.87. The molecule has 0 fully saturated rings. The topological polar surface area (TPSA) is 74.2 Å². The molecule has 0 aliphatic heterocycles. The van der Waals surface area contributed by atoms with Gasteiger partial charge in [0.1, 0.15) is 5.75 Å². The van der Waals surface area contributed by atoms with Crippen LogP contribution in [-0.4, -0.2) is 22.8 Å². The standard InChI is InChI=1S/C14H19N3O2/c1-14(2,15)9-8-12-16-13(17-19-12)10-6-4-5-7-11(10)18-3/h4-7H,8-9,15H2,1-3H3. The molecule has 0 saturated carbocycles. The first-order valence-electron chi connectivity index (χ1n) is 6.24. The molecule has 5 heteroatoms. The van der Waals surface area contributed by atoms with Crippen LogP contribution in [-0.2, 0) is 6.42 Å². The van der Waals surface area contributed by atoms with E-state index in [4.69, 9.17) is 15.0 Å². The molecular weight excluding hydrogens is 242 g/mol. The van der Waals surface area contributed by atoms with Gasteiger partial charge in [0, 0.05) is 12.0 Å². The number of benzene rings is 1. The van der Waals surface area contributed by atoms with Crippen LogP contribution >= 0.6 is 0 Å². The molecule has 0 radical (unpaired) electrons. The summed E-state index contributed by atoms with van der Waals surface area (Å²) in [5.41, 5.74) is 6.53. The minimum absolute atomic E-state index is 0.237. The SMILES string of the molecule is COc1ccccc1-c1noc(CCC(C)(C)N)n1.